The van der Waals surface area contributed by atoms with Crippen molar-refractivity contribution in [1.82, 2.24) is 0 Å². The Balaban J connectivity index is 1.59. The van der Waals surface area contributed by atoms with Gasteiger partial charge in [0, 0.05) is 11.3 Å². The van der Waals surface area contributed by atoms with Gasteiger partial charge in [0.1, 0.15) is 5.78 Å². The highest BCUT2D eigenvalue weighted by molar-refractivity contribution is 5.91. The van der Waals surface area contributed by atoms with Gasteiger partial charge in [-0.15, -0.1) is 0 Å². The van der Waals surface area contributed by atoms with Crippen LogP contribution in [-0.2, 0) is 9.59 Å². The maximum atomic E-state index is 13.8. The molecule has 0 saturated heterocycles. The summed E-state index contributed by atoms with van der Waals surface area (Å²) < 4.78 is 0. The van der Waals surface area contributed by atoms with Crippen molar-refractivity contribution in [3.05, 3.63) is 11.6 Å². The fourth-order valence-corrected chi connectivity index (χ4v) is 7.37. The Morgan fingerprint density at radius 1 is 0.964 bits per heavy atom. The molecular formula is C25H38O3. The van der Waals surface area contributed by atoms with E-state index < -0.39 is 11.4 Å². The van der Waals surface area contributed by atoms with E-state index in [4.69, 9.17) is 0 Å². The molecule has 0 spiro atoms. The lowest BCUT2D eigenvalue weighted by Gasteiger charge is -2.43. The molecule has 0 heterocycles. The maximum Gasteiger partial charge on any atom is 0.306 e. The summed E-state index contributed by atoms with van der Waals surface area (Å²) in [6, 6.07) is 0. The molecule has 7 unspecified atom stereocenters. The first-order valence-corrected chi connectivity index (χ1v) is 11.3. The number of hydrogen-bond donors (Lipinski definition) is 1. The second kappa shape index (κ2) is 6.19. The van der Waals surface area contributed by atoms with Gasteiger partial charge in [0.25, 0.3) is 0 Å². The quantitative estimate of drug-likeness (QED) is 0.613. The zero-order valence-electron chi connectivity index (χ0n) is 18.5. The van der Waals surface area contributed by atoms with E-state index in [1.165, 1.54) is 24.8 Å². The third-order valence-electron chi connectivity index (χ3n) is 9.28. The first-order chi connectivity index (χ1) is 12.9. The lowest BCUT2D eigenvalue weighted by atomic mass is 9.61. The molecule has 2 bridgehead atoms. The Hall–Kier alpha value is -1.12. The SMILES string of the molecule is CC(C)=CC(C)(C(=O)C1C[C@H]1C12CC(C(=O)O)CC3CC(C1)C3C2)C(C)(C)C. The predicted octanol–water partition coefficient (Wildman–Crippen LogP) is 5.74. The molecule has 4 saturated carbocycles. The number of ketones is 1. The van der Waals surface area contributed by atoms with Gasteiger partial charge in [0.15, 0.2) is 0 Å². The number of Topliss-reactive ketones (excluding diaryl/α,β-unsaturated/α-hetero) is 1. The third-order valence-corrected chi connectivity index (χ3v) is 9.28. The lowest BCUT2D eigenvalue weighted by molar-refractivity contribution is -0.144. The number of carboxylic acids is 1. The fourth-order valence-electron chi connectivity index (χ4n) is 7.37. The Morgan fingerprint density at radius 3 is 2.21 bits per heavy atom. The van der Waals surface area contributed by atoms with Crippen molar-refractivity contribution in [3.63, 3.8) is 0 Å². The molecule has 28 heavy (non-hydrogen) atoms. The molecule has 4 aliphatic rings. The topological polar surface area (TPSA) is 54.4 Å². The number of hydrogen-bond acceptors (Lipinski definition) is 2. The predicted molar refractivity (Wildman–Crippen MR) is 111 cm³/mol. The van der Waals surface area contributed by atoms with E-state index in [0.29, 0.717) is 17.6 Å². The first kappa shape index (κ1) is 20.2. The van der Waals surface area contributed by atoms with Crippen molar-refractivity contribution in [1.29, 1.82) is 0 Å². The van der Waals surface area contributed by atoms with E-state index in [0.717, 1.165) is 31.1 Å². The number of allylic oxidation sites excluding steroid dienone is 2. The number of carbonyl (C=O) groups is 2. The Morgan fingerprint density at radius 2 is 1.64 bits per heavy atom. The molecule has 0 aromatic rings. The number of carboxylic acid groups (broad SMARTS) is 1. The minimum Gasteiger partial charge on any atom is -0.481 e. The van der Waals surface area contributed by atoms with Crippen LogP contribution in [0.3, 0.4) is 0 Å². The van der Waals surface area contributed by atoms with E-state index in [1.807, 2.05) is 0 Å². The van der Waals surface area contributed by atoms with E-state index >= 15 is 0 Å². The molecule has 0 aromatic carbocycles. The molecule has 4 fully saturated rings. The summed E-state index contributed by atoms with van der Waals surface area (Å²) in [4.78, 5) is 25.7. The standard InChI is InChI=1S/C25H38O3/c1-14(2)10-24(6,23(3,4)5)21(26)18-9-20(18)25-11-16-7-15(19(16)13-25)8-17(12-25)22(27)28/h10,15-20H,7-9,11-13H2,1-6H3,(H,27,28)/t15?,16?,17?,18?,19?,20-,24?,25?/m1/s1. The van der Waals surface area contributed by atoms with Crippen LogP contribution in [0, 0.1) is 51.8 Å². The molecule has 0 aromatic heterocycles. The largest absolute Gasteiger partial charge is 0.481 e. The molecule has 0 aliphatic heterocycles. The van der Waals surface area contributed by atoms with Crippen LogP contribution in [-0.4, -0.2) is 16.9 Å². The number of aliphatic carboxylic acids is 1. The van der Waals surface area contributed by atoms with Crippen LogP contribution in [0.4, 0.5) is 0 Å². The minimum atomic E-state index is -0.608. The molecule has 4 rings (SSSR count). The zero-order valence-corrected chi connectivity index (χ0v) is 18.5. The van der Waals surface area contributed by atoms with Crippen LogP contribution in [0.15, 0.2) is 11.6 Å². The van der Waals surface area contributed by atoms with Gasteiger partial charge in [-0.05, 0) is 93.8 Å². The van der Waals surface area contributed by atoms with Crippen LogP contribution in [0.2, 0.25) is 0 Å². The average molecular weight is 387 g/mol. The lowest BCUT2D eigenvalue weighted by Crippen LogP contribution is -2.41. The molecule has 4 aliphatic carbocycles. The highest BCUT2D eigenvalue weighted by atomic mass is 16.4. The average Bonchev–Trinajstić information content (AvgIpc) is 3.28. The van der Waals surface area contributed by atoms with Gasteiger partial charge < -0.3 is 5.11 Å². The van der Waals surface area contributed by atoms with Crippen LogP contribution >= 0.6 is 0 Å². The highest BCUT2D eigenvalue weighted by Gasteiger charge is 2.66. The van der Waals surface area contributed by atoms with Crippen molar-refractivity contribution < 1.29 is 14.7 Å². The van der Waals surface area contributed by atoms with Gasteiger partial charge in [0.2, 0.25) is 0 Å². The van der Waals surface area contributed by atoms with Gasteiger partial charge in [-0.1, -0.05) is 32.4 Å². The third kappa shape index (κ3) is 2.91. The van der Waals surface area contributed by atoms with Gasteiger partial charge in [-0.3, -0.25) is 9.59 Å². The highest BCUT2D eigenvalue weighted by Crippen LogP contribution is 2.72. The molecule has 156 valence electrons. The smallest absolute Gasteiger partial charge is 0.306 e. The summed E-state index contributed by atoms with van der Waals surface area (Å²) in [5, 5.41) is 9.78. The Labute approximate surface area is 170 Å². The first-order valence-electron chi connectivity index (χ1n) is 11.3. The van der Waals surface area contributed by atoms with Crippen LogP contribution in [0.1, 0.15) is 80.1 Å². The second-order valence-corrected chi connectivity index (χ2v) is 12.2. The van der Waals surface area contributed by atoms with Crippen molar-refractivity contribution in [2.75, 3.05) is 0 Å². The van der Waals surface area contributed by atoms with E-state index in [9.17, 15) is 14.7 Å². The Bertz CT molecular complexity index is 725. The molecule has 3 nitrogen and oxygen atoms in total. The van der Waals surface area contributed by atoms with Crippen molar-refractivity contribution in [2.24, 2.45) is 51.8 Å². The van der Waals surface area contributed by atoms with Crippen LogP contribution in [0.5, 0.6) is 0 Å². The molecule has 3 heteroatoms. The number of rotatable bonds is 5. The van der Waals surface area contributed by atoms with Gasteiger partial charge in [0.05, 0.1) is 5.92 Å². The van der Waals surface area contributed by atoms with Crippen molar-refractivity contribution in [2.45, 2.75) is 80.1 Å². The monoisotopic (exact) mass is 386 g/mol. The number of carbonyl (C=O) groups excluding carboxylic acids is 1. The van der Waals surface area contributed by atoms with Crippen LogP contribution < -0.4 is 0 Å². The zero-order chi connectivity index (χ0) is 20.6. The van der Waals surface area contributed by atoms with Gasteiger partial charge >= 0.3 is 5.97 Å². The minimum absolute atomic E-state index is 0.119. The summed E-state index contributed by atoms with van der Waals surface area (Å²) in [6.07, 6.45) is 8.47. The van der Waals surface area contributed by atoms with E-state index in [1.54, 1.807) is 0 Å². The molecule has 0 amide bonds. The maximum absolute atomic E-state index is 13.8. The molecule has 1 N–H and O–H groups in total. The summed E-state index contributed by atoms with van der Waals surface area (Å²) >= 11 is 0. The second-order valence-electron chi connectivity index (χ2n) is 12.2. The van der Waals surface area contributed by atoms with Crippen LogP contribution in [0.25, 0.3) is 0 Å². The summed E-state index contributed by atoms with van der Waals surface area (Å²) in [5.74, 6) is 2.32. The van der Waals surface area contributed by atoms with Crippen molar-refractivity contribution >= 4 is 11.8 Å². The van der Waals surface area contributed by atoms with Gasteiger partial charge in [-0.25, -0.2) is 0 Å². The molecule has 0 radical (unpaired) electrons. The summed E-state index contributed by atoms with van der Waals surface area (Å²) in [6.45, 7) is 12.8. The summed E-state index contributed by atoms with van der Waals surface area (Å²) in [7, 11) is 0. The summed E-state index contributed by atoms with van der Waals surface area (Å²) in [5.41, 5.74) is 0.731. The fraction of sp³-hybridized carbons (Fsp3) is 0.840. The normalized spacial score (nSPS) is 43.4. The Kier molecular flexibility index (Phi) is 4.46. The molecular weight excluding hydrogens is 348 g/mol. The van der Waals surface area contributed by atoms with Crippen molar-refractivity contribution in [3.8, 4) is 0 Å². The van der Waals surface area contributed by atoms with E-state index in [-0.39, 0.29) is 22.7 Å². The molecule has 8 atom stereocenters. The van der Waals surface area contributed by atoms with Gasteiger partial charge in [-0.2, -0.15) is 0 Å². The van der Waals surface area contributed by atoms with E-state index in [2.05, 4.69) is 47.6 Å². The number of fused-ring (bicyclic) bond motifs is 1.